The summed E-state index contributed by atoms with van der Waals surface area (Å²) < 4.78 is 20.2. The van der Waals surface area contributed by atoms with Crippen LogP contribution in [0.15, 0.2) is 53.7 Å². The van der Waals surface area contributed by atoms with Gasteiger partial charge in [0.2, 0.25) is 0 Å². The largest absolute Gasteiger partial charge is 0.491 e. The average Bonchev–Trinajstić information content (AvgIpc) is 3.13. The Labute approximate surface area is 185 Å². The molecule has 0 fully saturated rings. The molecule has 3 N–H and O–H groups in total. The lowest BCUT2D eigenvalue weighted by Crippen LogP contribution is -2.42. The van der Waals surface area contributed by atoms with Crippen molar-refractivity contribution in [3.05, 3.63) is 60.3 Å². The van der Waals surface area contributed by atoms with E-state index in [2.05, 4.69) is 25.8 Å². The van der Waals surface area contributed by atoms with E-state index in [1.54, 1.807) is 0 Å². The van der Waals surface area contributed by atoms with Crippen LogP contribution in [0.4, 0.5) is 4.39 Å². The molecule has 10 heteroatoms. The molecule has 29 heavy (non-hydrogen) atoms. The molecule has 0 amide bonds. The number of benzene rings is 1. The molecule has 1 aromatic carbocycles. The Morgan fingerprint density at radius 2 is 2.00 bits per heavy atom. The molecule has 0 radical (unpaired) electrons. The summed E-state index contributed by atoms with van der Waals surface area (Å²) in [6.45, 7) is 3.29. The highest BCUT2D eigenvalue weighted by atomic mass is 127. The number of halogens is 2. The number of aromatic nitrogens is 3. The fourth-order valence-corrected chi connectivity index (χ4v) is 2.49. The average molecular weight is 514 g/mol. The topological polar surface area (TPSA) is 96.1 Å². The van der Waals surface area contributed by atoms with Gasteiger partial charge in [0.05, 0.1) is 0 Å². The number of aliphatic imine (C=N–C) groups is 1. The molecule has 1 unspecified atom stereocenters. The first-order chi connectivity index (χ1) is 13.7. The molecule has 0 bridgehead atoms. The van der Waals surface area contributed by atoms with E-state index in [9.17, 15) is 9.50 Å². The van der Waals surface area contributed by atoms with Crippen molar-refractivity contribution in [1.82, 2.24) is 25.2 Å². The van der Waals surface area contributed by atoms with Crippen LogP contribution in [0.1, 0.15) is 12.7 Å². The molecule has 1 atom stereocenters. The van der Waals surface area contributed by atoms with Gasteiger partial charge >= 0.3 is 0 Å². The van der Waals surface area contributed by atoms with E-state index >= 15 is 0 Å². The number of hydrogen-bond acceptors (Lipinski definition) is 5. The molecule has 2 heterocycles. The molecule has 156 valence electrons. The van der Waals surface area contributed by atoms with Gasteiger partial charge in [-0.3, -0.25) is 4.40 Å². The van der Waals surface area contributed by atoms with Crippen LogP contribution in [0.3, 0.4) is 0 Å². The van der Waals surface area contributed by atoms with Crippen molar-refractivity contribution in [2.45, 2.75) is 19.6 Å². The van der Waals surface area contributed by atoms with Crippen LogP contribution in [0.2, 0.25) is 0 Å². The second kappa shape index (κ2) is 11.5. The molecular formula is C19H24FIN6O2. The molecule has 3 aromatic rings. The molecule has 0 saturated carbocycles. The van der Waals surface area contributed by atoms with Crippen molar-refractivity contribution in [3.63, 3.8) is 0 Å². The Morgan fingerprint density at radius 1 is 1.21 bits per heavy atom. The zero-order chi connectivity index (χ0) is 19.8. The highest BCUT2D eigenvalue weighted by Crippen LogP contribution is 2.11. The summed E-state index contributed by atoms with van der Waals surface area (Å²) in [4.78, 5) is 4.48. The van der Waals surface area contributed by atoms with Crippen LogP contribution in [-0.2, 0) is 6.54 Å². The fraction of sp³-hybridized carbons (Fsp3) is 0.316. The zero-order valence-electron chi connectivity index (χ0n) is 16.0. The van der Waals surface area contributed by atoms with Crippen molar-refractivity contribution in [1.29, 1.82) is 0 Å². The number of aliphatic hydroxyl groups is 1. The lowest BCUT2D eigenvalue weighted by Gasteiger charge is -2.16. The number of nitrogens with zero attached hydrogens (tertiary/aromatic N) is 4. The zero-order valence-corrected chi connectivity index (χ0v) is 18.3. The smallest absolute Gasteiger partial charge is 0.191 e. The van der Waals surface area contributed by atoms with E-state index in [0.29, 0.717) is 30.6 Å². The Balaban J connectivity index is 0.00000300. The maximum atomic E-state index is 12.9. The summed E-state index contributed by atoms with van der Waals surface area (Å²) in [6, 6.07) is 11.3. The second-order valence-corrected chi connectivity index (χ2v) is 6.04. The fourth-order valence-electron chi connectivity index (χ4n) is 2.49. The molecule has 0 spiro atoms. The Morgan fingerprint density at radius 3 is 2.76 bits per heavy atom. The van der Waals surface area contributed by atoms with E-state index in [4.69, 9.17) is 4.74 Å². The summed E-state index contributed by atoms with van der Waals surface area (Å²) in [5, 5.41) is 24.5. The molecule has 8 nitrogen and oxygen atoms in total. The van der Waals surface area contributed by atoms with Crippen molar-refractivity contribution >= 4 is 35.6 Å². The van der Waals surface area contributed by atoms with Gasteiger partial charge in [0.25, 0.3) is 0 Å². The first-order valence-electron chi connectivity index (χ1n) is 9.03. The number of guanidine groups is 1. The Hall–Kier alpha value is -2.47. The number of rotatable bonds is 8. The van der Waals surface area contributed by atoms with E-state index < -0.39 is 6.10 Å². The van der Waals surface area contributed by atoms with E-state index in [0.717, 1.165) is 5.65 Å². The summed E-state index contributed by atoms with van der Waals surface area (Å²) in [6.07, 6.45) is 1.12. The van der Waals surface area contributed by atoms with Crippen LogP contribution in [0.25, 0.3) is 5.65 Å². The number of fused-ring (bicyclic) bond motifs is 1. The van der Waals surface area contributed by atoms with Crippen LogP contribution in [0, 0.1) is 5.82 Å². The van der Waals surface area contributed by atoms with E-state index in [1.807, 2.05) is 35.7 Å². The van der Waals surface area contributed by atoms with Gasteiger partial charge in [-0.15, -0.1) is 34.2 Å². The summed E-state index contributed by atoms with van der Waals surface area (Å²) in [7, 11) is 0. The molecule has 3 rings (SSSR count). The molecule has 0 aliphatic rings. The highest BCUT2D eigenvalue weighted by Gasteiger charge is 2.08. The minimum absolute atomic E-state index is 0. The lowest BCUT2D eigenvalue weighted by atomic mass is 10.3. The standard InChI is InChI=1S/C19H23FN6O2.HI/c1-2-21-19(23-12-18-25-24-17-5-3-4-10-26(17)18)22-11-15(27)13-28-16-8-6-14(20)7-9-16;/h3-10,15,27H,2,11-13H2,1H3,(H2,21,22,23);1H. The second-order valence-electron chi connectivity index (χ2n) is 6.04. The van der Waals surface area contributed by atoms with E-state index in [-0.39, 0.29) is 42.9 Å². The predicted octanol–water partition coefficient (Wildman–Crippen LogP) is 1.98. The summed E-state index contributed by atoms with van der Waals surface area (Å²) in [5.41, 5.74) is 0.763. The number of ether oxygens (including phenoxy) is 1. The highest BCUT2D eigenvalue weighted by molar-refractivity contribution is 14.0. The quantitative estimate of drug-likeness (QED) is 0.242. The third kappa shape index (κ3) is 6.82. The first kappa shape index (κ1) is 22.8. The number of aliphatic hydroxyl groups excluding tert-OH is 1. The molecular weight excluding hydrogens is 490 g/mol. The van der Waals surface area contributed by atoms with Gasteiger partial charge in [-0.2, -0.15) is 0 Å². The lowest BCUT2D eigenvalue weighted by molar-refractivity contribution is 0.110. The minimum Gasteiger partial charge on any atom is -0.491 e. The van der Waals surface area contributed by atoms with Crippen LogP contribution >= 0.6 is 24.0 Å². The summed E-state index contributed by atoms with van der Waals surface area (Å²) in [5.74, 6) is 1.44. The van der Waals surface area contributed by atoms with Crippen molar-refractivity contribution in [2.24, 2.45) is 4.99 Å². The number of pyridine rings is 1. The predicted molar refractivity (Wildman–Crippen MR) is 119 cm³/mol. The minimum atomic E-state index is -0.761. The van der Waals surface area contributed by atoms with E-state index in [1.165, 1.54) is 24.3 Å². The van der Waals surface area contributed by atoms with Crippen LogP contribution in [-0.4, -0.2) is 51.5 Å². The molecule has 2 aromatic heterocycles. The van der Waals surface area contributed by atoms with Crippen LogP contribution in [0.5, 0.6) is 5.75 Å². The molecule has 0 aliphatic heterocycles. The van der Waals surface area contributed by atoms with Gasteiger partial charge in [-0.05, 0) is 43.3 Å². The number of hydrogen-bond donors (Lipinski definition) is 3. The Bertz CT molecular complexity index is 918. The van der Waals surface area contributed by atoms with Gasteiger partial charge in [0.1, 0.15) is 30.8 Å². The third-order valence-electron chi connectivity index (χ3n) is 3.87. The molecule has 0 saturated heterocycles. The Kier molecular flexibility index (Phi) is 9.06. The van der Waals surface area contributed by atoms with Gasteiger partial charge in [-0.1, -0.05) is 6.07 Å². The summed E-state index contributed by atoms with van der Waals surface area (Å²) >= 11 is 0. The maximum absolute atomic E-state index is 12.9. The monoisotopic (exact) mass is 514 g/mol. The number of nitrogens with one attached hydrogen (secondary N) is 2. The van der Waals surface area contributed by atoms with Crippen molar-refractivity contribution in [2.75, 3.05) is 19.7 Å². The SMILES string of the molecule is CCNC(=NCc1nnc2ccccn12)NCC(O)COc1ccc(F)cc1.I. The van der Waals surface area contributed by atoms with Crippen molar-refractivity contribution in [3.8, 4) is 5.75 Å². The normalized spacial score (nSPS) is 12.3. The van der Waals surface area contributed by atoms with Gasteiger partial charge in [0.15, 0.2) is 17.4 Å². The van der Waals surface area contributed by atoms with Gasteiger partial charge in [0, 0.05) is 19.3 Å². The third-order valence-corrected chi connectivity index (χ3v) is 3.87. The first-order valence-corrected chi connectivity index (χ1v) is 9.03. The van der Waals surface area contributed by atoms with Gasteiger partial charge < -0.3 is 20.5 Å². The van der Waals surface area contributed by atoms with Crippen LogP contribution < -0.4 is 15.4 Å². The van der Waals surface area contributed by atoms with Gasteiger partial charge in [-0.25, -0.2) is 9.38 Å². The maximum Gasteiger partial charge on any atom is 0.191 e. The van der Waals surface area contributed by atoms with Crippen molar-refractivity contribution < 1.29 is 14.2 Å². The molecule has 0 aliphatic carbocycles.